The first-order chi connectivity index (χ1) is 20.7. The van der Waals surface area contributed by atoms with Crippen LogP contribution in [0.4, 0.5) is 27.5 Å². The molecule has 9 heteroatoms. The number of benzene rings is 2. The van der Waals surface area contributed by atoms with Crippen molar-refractivity contribution in [3.63, 3.8) is 0 Å². The van der Waals surface area contributed by atoms with Gasteiger partial charge in [-0.3, -0.25) is 14.6 Å². The zero-order chi connectivity index (χ0) is 31.1. The van der Waals surface area contributed by atoms with Crippen molar-refractivity contribution in [1.29, 1.82) is 0 Å². The van der Waals surface area contributed by atoms with E-state index in [0.717, 1.165) is 68.2 Å². The number of carbonyl (C=O) groups is 2. The molecule has 0 radical (unpaired) electrons. The van der Waals surface area contributed by atoms with E-state index >= 15 is 0 Å². The number of aliphatic imine (C=N–C) groups is 1. The molecule has 2 aliphatic heterocycles. The van der Waals surface area contributed by atoms with E-state index in [1.807, 2.05) is 25.1 Å². The Labute approximate surface area is 256 Å². The van der Waals surface area contributed by atoms with Gasteiger partial charge in [-0.2, -0.15) is 0 Å². The maximum Gasteiger partial charge on any atom is 0.328 e. The molecule has 0 unspecified atom stereocenters. The third kappa shape index (κ3) is 7.53. The Kier molecular flexibility index (Phi) is 10.4. The van der Waals surface area contributed by atoms with Gasteiger partial charge in [0.1, 0.15) is 5.84 Å². The van der Waals surface area contributed by atoms with Crippen LogP contribution < -0.4 is 20.4 Å². The van der Waals surface area contributed by atoms with Crippen molar-refractivity contribution in [2.24, 2.45) is 4.99 Å². The fourth-order valence-corrected chi connectivity index (χ4v) is 5.31. The summed E-state index contributed by atoms with van der Waals surface area (Å²) in [5.74, 6) is 0.350. The molecule has 2 fully saturated rings. The van der Waals surface area contributed by atoms with Gasteiger partial charge in [0.05, 0.1) is 17.9 Å². The molecule has 0 saturated carbocycles. The molecule has 2 N–H and O–H groups in total. The molecule has 4 rings (SSSR count). The van der Waals surface area contributed by atoms with E-state index < -0.39 is 0 Å². The van der Waals surface area contributed by atoms with E-state index in [0.29, 0.717) is 23.8 Å². The van der Waals surface area contributed by atoms with Crippen LogP contribution in [0.25, 0.3) is 0 Å². The molecule has 3 amide bonds. The van der Waals surface area contributed by atoms with Crippen molar-refractivity contribution in [3.8, 4) is 0 Å². The molecule has 0 aliphatic carbocycles. The first kappa shape index (κ1) is 31.6. The predicted octanol–water partition coefficient (Wildman–Crippen LogP) is 5.88. The second kappa shape index (κ2) is 14.2. The number of hydrogen-bond acceptors (Lipinski definition) is 5. The van der Waals surface area contributed by atoms with Crippen LogP contribution in [0, 0.1) is 0 Å². The second-order valence-electron chi connectivity index (χ2n) is 10.9. The monoisotopic (exact) mass is 583 g/mol. The van der Waals surface area contributed by atoms with Crippen molar-refractivity contribution < 1.29 is 9.59 Å². The van der Waals surface area contributed by atoms with Gasteiger partial charge in [0.15, 0.2) is 0 Å². The number of nitrogens with zero attached hydrogens (tertiary/aromatic N) is 5. The van der Waals surface area contributed by atoms with E-state index in [4.69, 9.17) is 4.99 Å². The molecule has 43 heavy (non-hydrogen) atoms. The Balaban J connectivity index is 1.59. The van der Waals surface area contributed by atoms with E-state index in [1.165, 1.54) is 17.2 Å². The van der Waals surface area contributed by atoms with Gasteiger partial charge in [-0.1, -0.05) is 40.0 Å². The third-order valence-corrected chi connectivity index (χ3v) is 8.15. The molecule has 228 valence electrons. The molecule has 0 spiro atoms. The van der Waals surface area contributed by atoms with Crippen LogP contribution in [0.5, 0.6) is 0 Å². The topological polar surface area (TPSA) is 83.5 Å². The molecule has 2 aliphatic rings. The smallest absolute Gasteiger partial charge is 0.328 e. The predicted molar refractivity (Wildman–Crippen MR) is 179 cm³/mol. The number of amides is 3. The Morgan fingerprint density at radius 1 is 0.953 bits per heavy atom. The zero-order valence-electron chi connectivity index (χ0n) is 26.2. The molecule has 0 aromatic heterocycles. The highest BCUT2D eigenvalue weighted by atomic mass is 16.2. The Morgan fingerprint density at radius 3 is 2.23 bits per heavy atom. The molecule has 9 nitrogen and oxygen atoms in total. The van der Waals surface area contributed by atoms with Gasteiger partial charge in [0.25, 0.3) is 0 Å². The third-order valence-electron chi connectivity index (χ3n) is 8.15. The fraction of sp³-hybridized carbons (Fsp3) is 0.382. The number of rotatable bonds is 9. The van der Waals surface area contributed by atoms with Crippen LogP contribution in [0.15, 0.2) is 78.1 Å². The number of likely N-dealkylation sites (N-methyl/N-ethyl adjacent to an activating group) is 2. The average Bonchev–Trinajstić information content (AvgIpc) is 3.03. The first-order valence-corrected chi connectivity index (χ1v) is 15.1. The van der Waals surface area contributed by atoms with Crippen molar-refractivity contribution in [2.45, 2.75) is 40.5 Å². The van der Waals surface area contributed by atoms with Gasteiger partial charge in [-0.05, 0) is 73.8 Å². The van der Waals surface area contributed by atoms with Crippen LogP contribution in [0.2, 0.25) is 0 Å². The van der Waals surface area contributed by atoms with Gasteiger partial charge in [-0.25, -0.2) is 9.79 Å². The lowest BCUT2D eigenvalue weighted by Gasteiger charge is -2.36. The van der Waals surface area contributed by atoms with Gasteiger partial charge < -0.3 is 20.4 Å². The minimum Gasteiger partial charge on any atom is -0.369 e. The summed E-state index contributed by atoms with van der Waals surface area (Å²) in [6.45, 7) is 21.4. The summed E-state index contributed by atoms with van der Waals surface area (Å²) in [5, 5.41) is 6.28. The molecule has 2 saturated heterocycles. The second-order valence-corrected chi connectivity index (χ2v) is 10.9. The van der Waals surface area contributed by atoms with Crippen LogP contribution in [-0.2, 0) is 17.6 Å². The summed E-state index contributed by atoms with van der Waals surface area (Å²) in [6.07, 6.45) is 4.81. The molecular weight excluding hydrogens is 538 g/mol. The molecule has 2 heterocycles. The number of piperazine rings is 1. The lowest BCUT2D eigenvalue weighted by molar-refractivity contribution is -0.111. The summed E-state index contributed by atoms with van der Waals surface area (Å²) in [6, 6.07) is 12.2. The zero-order valence-corrected chi connectivity index (χ0v) is 26.2. The van der Waals surface area contributed by atoms with Crippen molar-refractivity contribution >= 4 is 40.5 Å². The SMILES string of the molecule is C=CC(=O)Nc1ccc(N2CCN(CC)CC2)cc1N/C(C)=N/C=C1/CN(c2cc(CC)cc(CC)c2)C(=O)N(C)C1=C. The number of anilines is 4. The number of urea groups is 1. The highest BCUT2D eigenvalue weighted by Gasteiger charge is 2.30. The number of nitrogens with one attached hydrogen (secondary N) is 2. The number of aryl methyl sites for hydroxylation is 2. The Bertz CT molecular complexity index is 1410. The molecule has 0 bridgehead atoms. The van der Waals surface area contributed by atoms with Crippen molar-refractivity contribution in [3.05, 3.63) is 84.2 Å². The Morgan fingerprint density at radius 2 is 1.63 bits per heavy atom. The Hall–Kier alpha value is -4.37. The van der Waals surface area contributed by atoms with Crippen LogP contribution in [0.3, 0.4) is 0 Å². The van der Waals surface area contributed by atoms with Gasteiger partial charge in [-0.15, -0.1) is 0 Å². The molecule has 0 atom stereocenters. The van der Waals surface area contributed by atoms with E-state index in [1.54, 1.807) is 23.0 Å². The summed E-state index contributed by atoms with van der Waals surface area (Å²) >= 11 is 0. The highest BCUT2D eigenvalue weighted by Crippen LogP contribution is 2.31. The minimum absolute atomic E-state index is 0.115. The maximum absolute atomic E-state index is 13.3. The largest absolute Gasteiger partial charge is 0.369 e. The lowest BCUT2D eigenvalue weighted by atomic mass is 10.0. The first-order valence-electron chi connectivity index (χ1n) is 15.1. The van der Waals surface area contributed by atoms with E-state index in [2.05, 4.69) is 72.6 Å². The summed E-state index contributed by atoms with van der Waals surface area (Å²) in [7, 11) is 1.74. The van der Waals surface area contributed by atoms with Crippen LogP contribution >= 0.6 is 0 Å². The molecule has 2 aromatic carbocycles. The molecule has 2 aromatic rings. The van der Waals surface area contributed by atoms with Crippen molar-refractivity contribution in [1.82, 2.24) is 9.80 Å². The standard InChI is InChI=1S/C34H45N7O2/c1-8-26-18-27(9-2)20-30(19-26)41-23-28(24(5)38(7)34(41)43)22-35-25(6)36-32-21-29(12-13-31(32)37-33(42)10-3)40-16-14-39(11-4)15-17-40/h10,12-13,18-22H,3,5,8-9,11,14-17,23H2,1-2,4,6-7H3,(H,35,36)(H,37,42)/b28-22-. The number of amidine groups is 1. The number of hydrogen-bond donors (Lipinski definition) is 2. The van der Waals surface area contributed by atoms with E-state index in [-0.39, 0.29) is 11.9 Å². The van der Waals surface area contributed by atoms with E-state index in [9.17, 15) is 9.59 Å². The minimum atomic E-state index is -0.284. The number of carbonyl (C=O) groups excluding carboxylic acids is 2. The summed E-state index contributed by atoms with van der Waals surface area (Å²) < 4.78 is 0. The van der Waals surface area contributed by atoms with Crippen molar-refractivity contribution in [2.75, 3.05) is 66.7 Å². The highest BCUT2D eigenvalue weighted by molar-refractivity contribution is 6.04. The van der Waals surface area contributed by atoms with Gasteiger partial charge in [0.2, 0.25) is 5.91 Å². The van der Waals surface area contributed by atoms with Gasteiger partial charge in [0, 0.05) is 62.1 Å². The lowest BCUT2D eigenvalue weighted by Crippen LogP contribution is -2.47. The maximum atomic E-state index is 13.3. The molecular formula is C34H45N7O2. The normalized spacial score (nSPS) is 17.5. The average molecular weight is 584 g/mol. The van der Waals surface area contributed by atoms with Gasteiger partial charge >= 0.3 is 6.03 Å². The van der Waals surface area contributed by atoms with Crippen LogP contribution in [0.1, 0.15) is 38.8 Å². The summed E-state index contributed by atoms with van der Waals surface area (Å²) in [4.78, 5) is 38.3. The van der Waals surface area contributed by atoms with Crippen LogP contribution in [-0.4, -0.2) is 73.9 Å². The quantitative estimate of drug-likeness (QED) is 0.219. The fourth-order valence-electron chi connectivity index (χ4n) is 5.31. The summed E-state index contributed by atoms with van der Waals surface area (Å²) in [5.41, 5.74) is 7.20.